The van der Waals surface area contributed by atoms with E-state index in [1.165, 1.54) is 0 Å². The number of hydrogen-bond donors (Lipinski definition) is 0. The molecule has 0 saturated carbocycles. The van der Waals surface area contributed by atoms with E-state index in [0.717, 1.165) is 0 Å². The van der Waals surface area contributed by atoms with E-state index < -0.39 is 0 Å². The average Bonchev–Trinajstić information content (AvgIpc) is 2.37. The molecular weight excluding hydrogens is 320 g/mol. The summed E-state index contributed by atoms with van der Waals surface area (Å²) in [5, 5.41) is 0. The Kier molecular flexibility index (Phi) is 4.59. The maximum absolute atomic E-state index is 12.4. The average molecular weight is 334 g/mol. The molecule has 1 amide bonds. The molecule has 2 unspecified atom stereocenters. The Balaban J connectivity index is 2.16. The molecule has 4 nitrogen and oxygen atoms in total. The van der Waals surface area contributed by atoms with Gasteiger partial charge in [-0.3, -0.25) is 4.79 Å². The van der Waals surface area contributed by atoms with Crippen LogP contribution in [0.15, 0.2) is 22.8 Å². The van der Waals surface area contributed by atoms with Gasteiger partial charge in [0, 0.05) is 23.8 Å². The van der Waals surface area contributed by atoms with Gasteiger partial charge in [-0.25, -0.2) is 4.98 Å². The predicted molar refractivity (Wildman–Crippen MR) is 72.9 cm³/mol. The summed E-state index contributed by atoms with van der Waals surface area (Å²) in [5.74, 6) is 0.296. The van der Waals surface area contributed by atoms with Gasteiger partial charge in [-0.15, -0.1) is 11.6 Å². The summed E-state index contributed by atoms with van der Waals surface area (Å²) in [6.07, 6.45) is 1.50. The molecule has 1 aromatic rings. The quantitative estimate of drug-likeness (QED) is 0.780. The van der Waals surface area contributed by atoms with Crippen LogP contribution in [0.3, 0.4) is 0 Å². The molecule has 1 aliphatic rings. The van der Waals surface area contributed by atoms with Crippen molar-refractivity contribution in [2.75, 3.05) is 19.0 Å². The number of rotatable bonds is 2. The van der Waals surface area contributed by atoms with Crippen molar-refractivity contribution in [1.82, 2.24) is 9.88 Å². The highest BCUT2D eigenvalue weighted by Gasteiger charge is 2.29. The number of ether oxygens (including phenoxy) is 1. The monoisotopic (exact) mass is 332 g/mol. The highest BCUT2D eigenvalue weighted by molar-refractivity contribution is 9.10. The standard InChI is InChI=1S/C12H14BrClN2O2/c1-8-6-16(7-9(5-14)18-8)12(17)11-10(13)3-2-4-15-11/h2-4,8-9H,5-7H2,1H3. The van der Waals surface area contributed by atoms with Gasteiger partial charge in [0.15, 0.2) is 0 Å². The van der Waals surface area contributed by atoms with Crippen molar-refractivity contribution >= 4 is 33.4 Å². The van der Waals surface area contributed by atoms with Gasteiger partial charge in [0.25, 0.3) is 5.91 Å². The van der Waals surface area contributed by atoms with E-state index in [-0.39, 0.29) is 18.1 Å². The zero-order chi connectivity index (χ0) is 13.1. The third-order valence-corrected chi connectivity index (χ3v) is 3.73. The second-order valence-corrected chi connectivity index (χ2v) is 5.43. The molecule has 1 saturated heterocycles. The van der Waals surface area contributed by atoms with Crippen molar-refractivity contribution in [3.63, 3.8) is 0 Å². The Morgan fingerprint density at radius 1 is 1.67 bits per heavy atom. The van der Waals surface area contributed by atoms with Gasteiger partial charge in [-0.05, 0) is 35.0 Å². The number of amides is 1. The topological polar surface area (TPSA) is 42.4 Å². The molecule has 1 fully saturated rings. The van der Waals surface area contributed by atoms with E-state index in [9.17, 15) is 4.79 Å². The summed E-state index contributed by atoms with van der Waals surface area (Å²) >= 11 is 9.15. The number of aromatic nitrogens is 1. The smallest absolute Gasteiger partial charge is 0.273 e. The molecule has 0 bridgehead atoms. The maximum Gasteiger partial charge on any atom is 0.273 e. The number of morpholine rings is 1. The summed E-state index contributed by atoms with van der Waals surface area (Å²) in [6, 6.07) is 3.59. The van der Waals surface area contributed by atoms with Crippen molar-refractivity contribution in [1.29, 1.82) is 0 Å². The number of carbonyl (C=O) groups is 1. The van der Waals surface area contributed by atoms with Gasteiger partial charge in [0.2, 0.25) is 0 Å². The summed E-state index contributed by atoms with van der Waals surface area (Å²) in [4.78, 5) is 18.2. The number of pyridine rings is 1. The van der Waals surface area contributed by atoms with Gasteiger partial charge in [-0.1, -0.05) is 0 Å². The minimum Gasteiger partial charge on any atom is -0.370 e. The van der Waals surface area contributed by atoms with Gasteiger partial charge >= 0.3 is 0 Å². The van der Waals surface area contributed by atoms with Gasteiger partial charge in [0.05, 0.1) is 18.1 Å². The predicted octanol–water partition coefficient (Wildman–Crippen LogP) is 2.31. The van der Waals surface area contributed by atoms with Crippen LogP contribution in [-0.4, -0.2) is 47.0 Å². The zero-order valence-corrected chi connectivity index (χ0v) is 12.3. The summed E-state index contributed by atoms with van der Waals surface area (Å²) in [5.41, 5.74) is 0.430. The van der Waals surface area contributed by atoms with Gasteiger partial charge < -0.3 is 9.64 Å². The van der Waals surface area contributed by atoms with E-state index in [4.69, 9.17) is 16.3 Å². The lowest BCUT2D eigenvalue weighted by Crippen LogP contribution is -2.50. The van der Waals surface area contributed by atoms with Crippen molar-refractivity contribution in [3.8, 4) is 0 Å². The first-order valence-corrected chi connectivity index (χ1v) is 7.05. The minimum atomic E-state index is -0.109. The van der Waals surface area contributed by atoms with Crippen LogP contribution >= 0.6 is 27.5 Å². The first kappa shape index (κ1) is 13.8. The van der Waals surface area contributed by atoms with Crippen LogP contribution in [0.5, 0.6) is 0 Å². The Hall–Kier alpha value is -0.650. The highest BCUT2D eigenvalue weighted by atomic mass is 79.9. The lowest BCUT2D eigenvalue weighted by Gasteiger charge is -2.36. The second kappa shape index (κ2) is 5.99. The van der Waals surface area contributed by atoms with Crippen LogP contribution in [0.1, 0.15) is 17.4 Å². The van der Waals surface area contributed by atoms with Crippen LogP contribution < -0.4 is 0 Å². The van der Waals surface area contributed by atoms with Crippen molar-refractivity contribution in [2.45, 2.75) is 19.1 Å². The molecule has 2 heterocycles. The van der Waals surface area contributed by atoms with E-state index in [0.29, 0.717) is 29.1 Å². The fraction of sp³-hybridized carbons (Fsp3) is 0.500. The molecule has 0 N–H and O–H groups in total. The molecule has 0 radical (unpaired) electrons. The Morgan fingerprint density at radius 2 is 2.44 bits per heavy atom. The highest BCUT2D eigenvalue weighted by Crippen LogP contribution is 2.19. The largest absolute Gasteiger partial charge is 0.370 e. The van der Waals surface area contributed by atoms with E-state index >= 15 is 0 Å². The molecule has 0 aromatic carbocycles. The van der Waals surface area contributed by atoms with Gasteiger partial charge in [-0.2, -0.15) is 0 Å². The molecular formula is C12H14BrClN2O2. The van der Waals surface area contributed by atoms with Crippen LogP contribution in [0.25, 0.3) is 0 Å². The lowest BCUT2D eigenvalue weighted by molar-refractivity contribution is -0.0571. The maximum atomic E-state index is 12.4. The number of halogens is 2. The van der Waals surface area contributed by atoms with Gasteiger partial charge in [0.1, 0.15) is 5.69 Å². The molecule has 1 aromatic heterocycles. The molecule has 6 heteroatoms. The first-order chi connectivity index (χ1) is 8.61. The summed E-state index contributed by atoms with van der Waals surface area (Å²) in [7, 11) is 0. The summed E-state index contributed by atoms with van der Waals surface area (Å²) < 4.78 is 6.33. The summed E-state index contributed by atoms with van der Waals surface area (Å²) in [6.45, 7) is 3.01. The lowest BCUT2D eigenvalue weighted by atomic mass is 10.2. The number of hydrogen-bond acceptors (Lipinski definition) is 3. The molecule has 1 aliphatic heterocycles. The van der Waals surface area contributed by atoms with E-state index in [2.05, 4.69) is 20.9 Å². The van der Waals surface area contributed by atoms with E-state index in [1.54, 1.807) is 17.2 Å². The number of nitrogens with zero attached hydrogens (tertiary/aromatic N) is 2. The Labute approximate surface area is 119 Å². The molecule has 18 heavy (non-hydrogen) atoms. The third-order valence-electron chi connectivity index (χ3n) is 2.75. The Morgan fingerprint density at radius 3 is 3.11 bits per heavy atom. The number of alkyl halides is 1. The van der Waals surface area contributed by atoms with Crippen molar-refractivity contribution in [2.24, 2.45) is 0 Å². The fourth-order valence-electron chi connectivity index (χ4n) is 1.99. The fourth-order valence-corrected chi connectivity index (χ4v) is 2.58. The SMILES string of the molecule is CC1CN(C(=O)c2ncccc2Br)CC(CCl)O1. The third kappa shape index (κ3) is 3.02. The van der Waals surface area contributed by atoms with Crippen LogP contribution in [0.4, 0.5) is 0 Å². The first-order valence-electron chi connectivity index (χ1n) is 5.73. The van der Waals surface area contributed by atoms with Crippen LogP contribution in [0, 0.1) is 0 Å². The van der Waals surface area contributed by atoms with E-state index in [1.807, 2.05) is 13.0 Å². The molecule has 0 spiro atoms. The molecule has 2 atom stereocenters. The normalized spacial score (nSPS) is 24.1. The molecule has 0 aliphatic carbocycles. The minimum absolute atomic E-state index is 0.00561. The van der Waals surface area contributed by atoms with Crippen LogP contribution in [-0.2, 0) is 4.74 Å². The Bertz CT molecular complexity index is 444. The van der Waals surface area contributed by atoms with Crippen LogP contribution in [0.2, 0.25) is 0 Å². The molecule has 98 valence electrons. The van der Waals surface area contributed by atoms with Crippen molar-refractivity contribution in [3.05, 3.63) is 28.5 Å². The molecule has 2 rings (SSSR count). The number of carbonyl (C=O) groups excluding carboxylic acids is 1. The van der Waals surface area contributed by atoms with Crippen molar-refractivity contribution < 1.29 is 9.53 Å². The second-order valence-electron chi connectivity index (χ2n) is 4.27. The zero-order valence-electron chi connectivity index (χ0n) is 9.97.